The molecule has 1 fully saturated rings. The molecule has 1 aliphatic rings. The van der Waals surface area contributed by atoms with Crippen LogP contribution in [0.5, 0.6) is 0 Å². The lowest BCUT2D eigenvalue weighted by atomic mass is 10.0. The van der Waals surface area contributed by atoms with Crippen LogP contribution in [0.2, 0.25) is 0 Å². The number of halogens is 3. The van der Waals surface area contributed by atoms with Gasteiger partial charge in [-0.05, 0) is 48.4 Å². The van der Waals surface area contributed by atoms with Crippen molar-refractivity contribution in [3.63, 3.8) is 0 Å². The van der Waals surface area contributed by atoms with Crippen LogP contribution in [0.15, 0.2) is 40.8 Å². The van der Waals surface area contributed by atoms with Gasteiger partial charge in [0.05, 0.1) is 16.8 Å². The predicted octanol–water partition coefficient (Wildman–Crippen LogP) is 4.32. The highest BCUT2D eigenvalue weighted by Crippen LogP contribution is 2.39. The normalized spacial score (nSPS) is 18.9. The van der Waals surface area contributed by atoms with Crippen LogP contribution < -0.4 is 10.6 Å². The molecule has 3 N–H and O–H groups in total. The molecule has 6 nitrogen and oxygen atoms in total. The molecular formula is C21H18F3N5O. The van der Waals surface area contributed by atoms with Crippen LogP contribution in [0.25, 0.3) is 33.6 Å². The number of fused-ring (bicyclic) bond motifs is 1. The van der Waals surface area contributed by atoms with Gasteiger partial charge in [-0.25, -0.2) is 13.2 Å². The molecule has 30 heavy (non-hydrogen) atoms. The van der Waals surface area contributed by atoms with E-state index in [0.717, 1.165) is 19.2 Å². The molecule has 0 bridgehead atoms. The second-order valence-corrected chi connectivity index (χ2v) is 7.49. The molecule has 154 valence electrons. The van der Waals surface area contributed by atoms with Crippen molar-refractivity contribution < 1.29 is 17.6 Å². The first-order valence-corrected chi connectivity index (χ1v) is 9.57. The van der Waals surface area contributed by atoms with E-state index >= 15 is 0 Å². The van der Waals surface area contributed by atoms with Gasteiger partial charge >= 0.3 is 6.01 Å². The number of nitrogens with zero attached hydrogens (tertiary/aromatic N) is 2. The standard InChI is InChI=1S/C21H18F3N5O/c1-10-8-25-9-16(10)26-21-29-28-20(30-21)17-14-6-13(23)7-15(24)19(14)27-18(17)11-2-4-12(22)5-3-11/h2-7,10,16,25,27H,8-9H2,1H3,(H,26,29)/t10-,16-/m0/s1. The third-order valence-electron chi connectivity index (χ3n) is 5.42. The summed E-state index contributed by atoms with van der Waals surface area (Å²) in [4.78, 5) is 2.96. The van der Waals surface area contributed by atoms with Crippen LogP contribution in [-0.2, 0) is 0 Å². The van der Waals surface area contributed by atoms with Crippen LogP contribution in [0, 0.1) is 23.4 Å². The minimum absolute atomic E-state index is 0.103. The minimum atomic E-state index is -0.747. The van der Waals surface area contributed by atoms with E-state index in [0.29, 0.717) is 22.7 Å². The average Bonchev–Trinajstić information content (AvgIpc) is 3.42. The van der Waals surface area contributed by atoms with Gasteiger partial charge in [-0.1, -0.05) is 12.0 Å². The smallest absolute Gasteiger partial charge is 0.316 e. The average molecular weight is 413 g/mol. The molecule has 2 aromatic carbocycles. The van der Waals surface area contributed by atoms with Crippen molar-refractivity contribution >= 4 is 16.9 Å². The van der Waals surface area contributed by atoms with Gasteiger partial charge in [-0.2, -0.15) is 0 Å². The van der Waals surface area contributed by atoms with E-state index in [1.165, 1.54) is 18.2 Å². The van der Waals surface area contributed by atoms with E-state index in [1.807, 2.05) is 0 Å². The number of aromatic amines is 1. The van der Waals surface area contributed by atoms with Crippen LogP contribution >= 0.6 is 0 Å². The van der Waals surface area contributed by atoms with Crippen molar-refractivity contribution in [2.45, 2.75) is 13.0 Å². The molecule has 2 atom stereocenters. The van der Waals surface area contributed by atoms with Gasteiger partial charge in [-0.15, -0.1) is 5.10 Å². The fourth-order valence-electron chi connectivity index (χ4n) is 3.82. The minimum Gasteiger partial charge on any atom is -0.403 e. The first-order chi connectivity index (χ1) is 14.5. The van der Waals surface area contributed by atoms with E-state index in [-0.39, 0.29) is 28.9 Å². The molecule has 0 radical (unpaired) electrons. The van der Waals surface area contributed by atoms with Crippen molar-refractivity contribution in [2.24, 2.45) is 5.92 Å². The molecule has 9 heteroatoms. The van der Waals surface area contributed by atoms with Crippen LogP contribution in [0.3, 0.4) is 0 Å². The Morgan fingerprint density at radius 1 is 1.03 bits per heavy atom. The first-order valence-electron chi connectivity index (χ1n) is 9.57. The molecule has 0 aliphatic carbocycles. The Balaban J connectivity index is 1.64. The van der Waals surface area contributed by atoms with Crippen LogP contribution in [0.1, 0.15) is 6.92 Å². The Morgan fingerprint density at radius 2 is 1.83 bits per heavy atom. The molecule has 0 saturated carbocycles. The first kappa shape index (κ1) is 18.7. The third-order valence-corrected chi connectivity index (χ3v) is 5.42. The summed E-state index contributed by atoms with van der Waals surface area (Å²) < 4.78 is 47.6. The molecule has 0 unspecified atom stereocenters. The quantitative estimate of drug-likeness (QED) is 0.464. The zero-order valence-corrected chi connectivity index (χ0v) is 16.0. The molecular weight excluding hydrogens is 395 g/mol. The van der Waals surface area contributed by atoms with Crippen molar-refractivity contribution in [1.82, 2.24) is 20.5 Å². The maximum Gasteiger partial charge on any atom is 0.316 e. The molecule has 1 saturated heterocycles. The van der Waals surface area contributed by atoms with Crippen molar-refractivity contribution in [2.75, 3.05) is 18.4 Å². The van der Waals surface area contributed by atoms with E-state index in [2.05, 4.69) is 32.7 Å². The number of nitrogens with one attached hydrogen (secondary N) is 3. The van der Waals surface area contributed by atoms with Crippen LogP contribution in [-0.4, -0.2) is 34.3 Å². The second kappa shape index (κ2) is 7.17. The van der Waals surface area contributed by atoms with E-state index < -0.39 is 17.5 Å². The number of hydrogen-bond acceptors (Lipinski definition) is 5. The van der Waals surface area contributed by atoms with Gasteiger partial charge in [0.2, 0.25) is 0 Å². The lowest BCUT2D eigenvalue weighted by Gasteiger charge is -2.13. The number of rotatable bonds is 4. The summed E-state index contributed by atoms with van der Waals surface area (Å²) in [7, 11) is 0. The molecule has 0 spiro atoms. The largest absolute Gasteiger partial charge is 0.403 e. The highest BCUT2D eigenvalue weighted by molar-refractivity contribution is 6.02. The van der Waals surface area contributed by atoms with E-state index in [1.54, 1.807) is 12.1 Å². The monoisotopic (exact) mass is 413 g/mol. The molecule has 5 rings (SSSR count). The van der Waals surface area contributed by atoms with Gasteiger partial charge in [0, 0.05) is 24.0 Å². The van der Waals surface area contributed by atoms with Gasteiger partial charge < -0.3 is 20.0 Å². The Morgan fingerprint density at radius 3 is 2.57 bits per heavy atom. The van der Waals surface area contributed by atoms with Gasteiger partial charge in [0.1, 0.15) is 17.5 Å². The maximum absolute atomic E-state index is 14.4. The van der Waals surface area contributed by atoms with E-state index in [4.69, 9.17) is 4.42 Å². The summed E-state index contributed by atoms with van der Waals surface area (Å²) in [5.41, 5.74) is 1.46. The topological polar surface area (TPSA) is 78.8 Å². The molecule has 0 amide bonds. The number of H-pyrrole nitrogens is 1. The fraction of sp³-hybridized carbons (Fsp3) is 0.238. The zero-order valence-electron chi connectivity index (χ0n) is 16.0. The van der Waals surface area contributed by atoms with Gasteiger partial charge in [0.15, 0.2) is 0 Å². The zero-order chi connectivity index (χ0) is 20.8. The summed E-state index contributed by atoms with van der Waals surface area (Å²) in [6.07, 6.45) is 0. The van der Waals surface area contributed by atoms with Crippen molar-refractivity contribution in [3.05, 3.63) is 53.8 Å². The summed E-state index contributed by atoms with van der Waals surface area (Å²) in [6, 6.07) is 8.02. The van der Waals surface area contributed by atoms with Crippen molar-refractivity contribution in [3.8, 4) is 22.7 Å². The number of hydrogen-bond donors (Lipinski definition) is 3. The maximum atomic E-state index is 14.4. The van der Waals surface area contributed by atoms with E-state index in [9.17, 15) is 13.2 Å². The fourth-order valence-corrected chi connectivity index (χ4v) is 3.82. The Kier molecular flexibility index (Phi) is 4.47. The van der Waals surface area contributed by atoms with Gasteiger partial charge in [-0.3, -0.25) is 0 Å². The summed E-state index contributed by atoms with van der Waals surface area (Å²) in [6.45, 7) is 3.75. The van der Waals surface area contributed by atoms with Crippen molar-refractivity contribution in [1.29, 1.82) is 0 Å². The number of anilines is 1. The van der Waals surface area contributed by atoms with Crippen LogP contribution in [0.4, 0.5) is 19.2 Å². The molecule has 3 heterocycles. The van der Waals surface area contributed by atoms with Gasteiger partial charge in [0.25, 0.3) is 5.89 Å². The molecule has 4 aromatic rings. The summed E-state index contributed by atoms with van der Waals surface area (Å²) in [5.74, 6) is -1.40. The predicted molar refractivity (Wildman–Crippen MR) is 106 cm³/mol. The SMILES string of the molecule is C[C@H]1CNC[C@@H]1Nc1nnc(-c2c(-c3ccc(F)cc3)[nH]c3c(F)cc(F)cc23)o1. The summed E-state index contributed by atoms with van der Waals surface area (Å²) in [5, 5.41) is 14.9. The molecule has 1 aliphatic heterocycles. The second-order valence-electron chi connectivity index (χ2n) is 7.49. The Labute approximate surface area is 169 Å². The lowest BCUT2D eigenvalue weighted by molar-refractivity contribution is 0.539. The third kappa shape index (κ3) is 3.21. The number of aromatic nitrogens is 3. The number of benzene rings is 2. The lowest BCUT2D eigenvalue weighted by Crippen LogP contribution is -2.26. The molecule has 2 aromatic heterocycles. The highest BCUT2D eigenvalue weighted by Gasteiger charge is 2.26. The summed E-state index contributed by atoms with van der Waals surface area (Å²) >= 11 is 0. The Hall–Kier alpha value is -3.33. The Bertz CT molecular complexity index is 1220. The highest BCUT2D eigenvalue weighted by atomic mass is 19.1.